The van der Waals surface area contributed by atoms with Crippen molar-refractivity contribution in [2.75, 3.05) is 11.6 Å². The van der Waals surface area contributed by atoms with Gasteiger partial charge in [-0.05, 0) is 36.6 Å². The van der Waals surface area contributed by atoms with E-state index in [0.29, 0.717) is 10.0 Å². The van der Waals surface area contributed by atoms with E-state index in [-0.39, 0.29) is 0 Å². The van der Waals surface area contributed by atoms with Crippen LogP contribution in [0.5, 0.6) is 0 Å². The van der Waals surface area contributed by atoms with Crippen molar-refractivity contribution in [3.8, 4) is 0 Å². The van der Waals surface area contributed by atoms with Crippen LogP contribution in [0.3, 0.4) is 0 Å². The Morgan fingerprint density at radius 2 is 2.05 bits per heavy atom. The van der Waals surface area contributed by atoms with E-state index in [1.807, 2.05) is 42.7 Å². The van der Waals surface area contributed by atoms with Gasteiger partial charge in [-0.15, -0.1) is 11.8 Å². The van der Waals surface area contributed by atoms with Crippen LogP contribution >= 0.6 is 51.5 Å². The molecule has 0 radical (unpaired) electrons. The zero-order valence-electron chi connectivity index (χ0n) is 10.6. The number of benzene rings is 2. The molecule has 0 aliphatic rings. The molecule has 0 spiro atoms. The van der Waals surface area contributed by atoms with Crippen LogP contribution in [0, 0.1) is 0 Å². The van der Waals surface area contributed by atoms with Crippen LogP contribution in [0.1, 0.15) is 5.56 Å². The molecule has 2 rings (SSSR count). The number of hydrogen-bond acceptors (Lipinski definition) is 3. The number of nitrogens with one attached hydrogen (secondary N) is 1. The summed E-state index contributed by atoms with van der Waals surface area (Å²) < 4.78 is 0.931. The van der Waals surface area contributed by atoms with E-state index in [9.17, 15) is 0 Å². The molecule has 0 amide bonds. The molecular weight excluding hydrogens is 376 g/mol. The van der Waals surface area contributed by atoms with E-state index < -0.39 is 0 Å². The molecule has 0 heterocycles. The normalized spacial score (nSPS) is 10.3. The summed E-state index contributed by atoms with van der Waals surface area (Å²) in [6, 6.07) is 11.6. The minimum atomic E-state index is 0.366. The predicted molar refractivity (Wildman–Crippen MR) is 96.5 cm³/mol. The molecule has 20 heavy (non-hydrogen) atoms. The van der Waals surface area contributed by atoms with Gasteiger partial charge >= 0.3 is 0 Å². The standard InChI is InChI=1S/C14H12BrClN2S2/c1-20-12-4-2-3-11(13(12)14(17)19)18-10-6-5-8(15)7-9(10)16/h2-7,18H,1H3,(H2,17,19). The average Bonchev–Trinajstić information content (AvgIpc) is 2.41. The maximum Gasteiger partial charge on any atom is 0.107 e. The van der Waals surface area contributed by atoms with Crippen LogP contribution in [-0.4, -0.2) is 11.2 Å². The zero-order valence-corrected chi connectivity index (χ0v) is 14.6. The Morgan fingerprint density at radius 1 is 1.30 bits per heavy atom. The fraction of sp³-hybridized carbons (Fsp3) is 0.0714. The summed E-state index contributed by atoms with van der Waals surface area (Å²) in [6.07, 6.45) is 1.99. The molecule has 0 aliphatic heterocycles. The number of thiocarbonyl (C=S) groups is 1. The molecule has 2 aromatic rings. The van der Waals surface area contributed by atoms with Gasteiger partial charge < -0.3 is 11.1 Å². The fourth-order valence-corrected chi connectivity index (χ4v) is 3.44. The molecule has 3 N–H and O–H groups in total. The minimum Gasteiger partial charge on any atom is -0.389 e. The van der Waals surface area contributed by atoms with Crippen molar-refractivity contribution in [3.63, 3.8) is 0 Å². The predicted octanol–water partition coefficient (Wildman–Crippen LogP) is 5.20. The highest BCUT2D eigenvalue weighted by molar-refractivity contribution is 9.10. The lowest BCUT2D eigenvalue weighted by Crippen LogP contribution is -2.13. The summed E-state index contributed by atoms with van der Waals surface area (Å²) >= 11 is 16.4. The molecule has 0 fully saturated rings. The number of thioether (sulfide) groups is 1. The Kier molecular flexibility index (Phi) is 5.32. The number of nitrogens with two attached hydrogens (primary N) is 1. The lowest BCUT2D eigenvalue weighted by molar-refractivity contribution is 1.39. The van der Waals surface area contributed by atoms with Crippen molar-refractivity contribution < 1.29 is 0 Å². The average molecular weight is 388 g/mol. The first-order chi connectivity index (χ1) is 9.52. The maximum atomic E-state index is 6.22. The third kappa shape index (κ3) is 3.47. The second-order valence-corrected chi connectivity index (χ2v) is 6.61. The molecule has 0 atom stereocenters. The third-order valence-corrected chi connectivity index (χ3v) is 4.48. The largest absolute Gasteiger partial charge is 0.389 e. The highest BCUT2D eigenvalue weighted by atomic mass is 79.9. The van der Waals surface area contributed by atoms with Gasteiger partial charge in [0.05, 0.1) is 10.7 Å². The van der Waals surface area contributed by atoms with Crippen LogP contribution in [0.25, 0.3) is 0 Å². The SMILES string of the molecule is CSc1cccc(Nc2ccc(Br)cc2Cl)c1C(N)=S. The van der Waals surface area contributed by atoms with Crippen LogP contribution < -0.4 is 11.1 Å². The minimum absolute atomic E-state index is 0.366. The van der Waals surface area contributed by atoms with E-state index in [1.54, 1.807) is 11.8 Å². The van der Waals surface area contributed by atoms with Gasteiger partial charge in [-0.3, -0.25) is 0 Å². The Labute approximate surface area is 141 Å². The molecule has 0 aliphatic carbocycles. The van der Waals surface area contributed by atoms with Crippen LogP contribution in [0.4, 0.5) is 11.4 Å². The first-order valence-corrected chi connectivity index (χ1v) is 8.52. The molecule has 0 saturated heterocycles. The summed E-state index contributed by atoms with van der Waals surface area (Å²) in [7, 11) is 0. The first kappa shape index (κ1) is 15.6. The zero-order chi connectivity index (χ0) is 14.7. The van der Waals surface area contributed by atoms with Crippen molar-refractivity contribution in [1.29, 1.82) is 0 Å². The molecule has 2 aromatic carbocycles. The molecule has 0 unspecified atom stereocenters. The van der Waals surface area contributed by atoms with Gasteiger partial charge in [-0.1, -0.05) is 45.8 Å². The summed E-state index contributed by atoms with van der Waals surface area (Å²) in [5.41, 5.74) is 8.35. The Bertz CT molecular complexity index is 662. The number of halogens is 2. The van der Waals surface area contributed by atoms with Crippen LogP contribution in [0.2, 0.25) is 5.02 Å². The van der Waals surface area contributed by atoms with Crippen molar-refractivity contribution in [2.24, 2.45) is 5.73 Å². The Balaban J connectivity index is 2.45. The van der Waals surface area contributed by atoms with Crippen LogP contribution in [-0.2, 0) is 0 Å². The van der Waals surface area contributed by atoms with E-state index in [2.05, 4.69) is 21.2 Å². The van der Waals surface area contributed by atoms with Gasteiger partial charge in [0, 0.05) is 20.6 Å². The second kappa shape index (κ2) is 6.80. The van der Waals surface area contributed by atoms with Crippen molar-refractivity contribution >= 4 is 67.9 Å². The number of anilines is 2. The molecule has 2 nitrogen and oxygen atoms in total. The molecule has 0 bridgehead atoms. The first-order valence-electron chi connectivity index (χ1n) is 5.72. The molecular formula is C14H12BrClN2S2. The number of hydrogen-bond donors (Lipinski definition) is 2. The van der Waals surface area contributed by atoms with Gasteiger partial charge in [0.1, 0.15) is 4.99 Å². The molecule has 0 aromatic heterocycles. The van der Waals surface area contributed by atoms with E-state index >= 15 is 0 Å². The monoisotopic (exact) mass is 386 g/mol. The smallest absolute Gasteiger partial charge is 0.107 e. The van der Waals surface area contributed by atoms with Crippen molar-refractivity contribution in [1.82, 2.24) is 0 Å². The summed E-state index contributed by atoms with van der Waals surface area (Å²) in [5, 5.41) is 3.92. The topological polar surface area (TPSA) is 38.0 Å². The van der Waals surface area contributed by atoms with Gasteiger partial charge in [0.25, 0.3) is 0 Å². The highest BCUT2D eigenvalue weighted by Gasteiger charge is 2.12. The Hall–Kier alpha value is -0.750. The quantitative estimate of drug-likeness (QED) is 0.558. The Morgan fingerprint density at radius 3 is 2.65 bits per heavy atom. The summed E-state index contributed by atoms with van der Waals surface area (Å²) in [5.74, 6) is 0. The lowest BCUT2D eigenvalue weighted by Gasteiger charge is -2.15. The van der Waals surface area contributed by atoms with Gasteiger partial charge in [0.2, 0.25) is 0 Å². The van der Waals surface area contributed by atoms with Gasteiger partial charge in [-0.25, -0.2) is 0 Å². The fourth-order valence-electron chi connectivity index (χ4n) is 1.80. The lowest BCUT2D eigenvalue weighted by atomic mass is 10.1. The summed E-state index contributed by atoms with van der Waals surface area (Å²) in [4.78, 5) is 1.40. The van der Waals surface area contributed by atoms with E-state index in [4.69, 9.17) is 29.6 Å². The van der Waals surface area contributed by atoms with Crippen molar-refractivity contribution in [3.05, 3.63) is 51.5 Å². The van der Waals surface area contributed by atoms with Gasteiger partial charge in [-0.2, -0.15) is 0 Å². The third-order valence-electron chi connectivity index (χ3n) is 2.69. The maximum absolute atomic E-state index is 6.22. The van der Waals surface area contributed by atoms with Gasteiger partial charge in [0.15, 0.2) is 0 Å². The molecule has 6 heteroatoms. The second-order valence-electron chi connectivity index (χ2n) is 4.00. The van der Waals surface area contributed by atoms with E-state index in [0.717, 1.165) is 26.3 Å². The number of rotatable bonds is 4. The van der Waals surface area contributed by atoms with Crippen LogP contribution in [0.15, 0.2) is 45.8 Å². The molecule has 0 saturated carbocycles. The molecule has 104 valence electrons. The summed E-state index contributed by atoms with van der Waals surface area (Å²) in [6.45, 7) is 0. The van der Waals surface area contributed by atoms with E-state index in [1.165, 1.54) is 0 Å². The van der Waals surface area contributed by atoms with Crippen molar-refractivity contribution in [2.45, 2.75) is 4.90 Å². The highest BCUT2D eigenvalue weighted by Crippen LogP contribution is 2.32.